The minimum atomic E-state index is 0.431. The van der Waals surface area contributed by atoms with Crippen molar-refractivity contribution in [2.45, 2.75) is 6.92 Å². The van der Waals surface area contributed by atoms with Crippen LogP contribution >= 0.6 is 12.2 Å². The van der Waals surface area contributed by atoms with Gasteiger partial charge in [0.25, 0.3) is 0 Å². The van der Waals surface area contributed by atoms with Gasteiger partial charge in [0.05, 0.1) is 0 Å². The molecule has 1 aliphatic rings. The highest BCUT2D eigenvalue weighted by Crippen LogP contribution is 2.14. The van der Waals surface area contributed by atoms with E-state index in [1.54, 1.807) is 6.20 Å². The fraction of sp³-hybridized carbons (Fsp3) is 0.500. The first kappa shape index (κ1) is 12.3. The first-order chi connectivity index (χ1) is 8.20. The maximum absolute atomic E-state index is 5.63. The summed E-state index contributed by atoms with van der Waals surface area (Å²) in [5, 5.41) is 0. The molecule has 0 bridgehead atoms. The fourth-order valence-electron chi connectivity index (χ4n) is 2.04. The molecule has 0 saturated carbocycles. The number of likely N-dealkylation sites (N-methyl/N-ethyl adjacent to an activating group) is 1. The van der Waals surface area contributed by atoms with Crippen LogP contribution in [0, 0.1) is 0 Å². The standard InChI is InChI=1S/C12H18N4S/c1-2-15-5-7-16(8-6-15)11-9-10(12(13)17)3-4-14-11/h3-4,9H,2,5-8H2,1H3,(H2,13,17). The third kappa shape index (κ3) is 2.92. The Morgan fingerprint density at radius 3 is 2.71 bits per heavy atom. The van der Waals surface area contributed by atoms with Crippen molar-refractivity contribution in [3.8, 4) is 0 Å². The topological polar surface area (TPSA) is 45.4 Å². The molecule has 0 aromatic carbocycles. The van der Waals surface area contributed by atoms with Gasteiger partial charge in [-0.2, -0.15) is 0 Å². The number of anilines is 1. The van der Waals surface area contributed by atoms with E-state index in [2.05, 4.69) is 21.7 Å². The Balaban J connectivity index is 2.08. The summed E-state index contributed by atoms with van der Waals surface area (Å²) in [6.07, 6.45) is 1.77. The van der Waals surface area contributed by atoms with Gasteiger partial charge in [-0.25, -0.2) is 4.98 Å². The van der Waals surface area contributed by atoms with Gasteiger partial charge in [-0.15, -0.1) is 0 Å². The summed E-state index contributed by atoms with van der Waals surface area (Å²) in [5.74, 6) is 0.978. The summed E-state index contributed by atoms with van der Waals surface area (Å²) in [6, 6.07) is 3.83. The zero-order valence-corrected chi connectivity index (χ0v) is 10.9. The number of thiocarbonyl (C=S) groups is 1. The van der Waals surface area contributed by atoms with Gasteiger partial charge in [-0.1, -0.05) is 19.1 Å². The number of hydrogen-bond donors (Lipinski definition) is 1. The molecular formula is C12H18N4S. The second-order valence-electron chi connectivity index (χ2n) is 4.19. The Kier molecular flexibility index (Phi) is 3.91. The fourth-order valence-corrected chi connectivity index (χ4v) is 2.16. The van der Waals surface area contributed by atoms with Gasteiger partial charge in [-0.3, -0.25) is 0 Å². The van der Waals surface area contributed by atoms with Crippen molar-refractivity contribution in [3.63, 3.8) is 0 Å². The molecule has 5 heteroatoms. The maximum atomic E-state index is 5.63. The highest BCUT2D eigenvalue weighted by atomic mass is 32.1. The molecule has 0 radical (unpaired) electrons. The van der Waals surface area contributed by atoms with E-state index >= 15 is 0 Å². The van der Waals surface area contributed by atoms with Crippen molar-refractivity contribution < 1.29 is 0 Å². The van der Waals surface area contributed by atoms with Gasteiger partial charge < -0.3 is 15.5 Å². The Morgan fingerprint density at radius 1 is 1.41 bits per heavy atom. The summed E-state index contributed by atoms with van der Waals surface area (Å²) >= 11 is 4.98. The van der Waals surface area contributed by atoms with Gasteiger partial charge in [0.1, 0.15) is 10.8 Å². The van der Waals surface area contributed by atoms with Crippen LogP contribution in [0.25, 0.3) is 0 Å². The molecule has 0 amide bonds. The SMILES string of the molecule is CCN1CCN(c2cc(C(N)=S)ccn2)CC1. The lowest BCUT2D eigenvalue weighted by molar-refractivity contribution is 0.270. The van der Waals surface area contributed by atoms with Gasteiger partial charge in [0, 0.05) is 37.9 Å². The first-order valence-electron chi connectivity index (χ1n) is 5.94. The third-order valence-corrected chi connectivity index (χ3v) is 3.41. The molecule has 1 saturated heterocycles. The van der Waals surface area contributed by atoms with Crippen LogP contribution in [0.3, 0.4) is 0 Å². The van der Waals surface area contributed by atoms with E-state index in [0.29, 0.717) is 4.99 Å². The molecule has 1 aromatic heterocycles. The number of nitrogens with two attached hydrogens (primary N) is 1. The lowest BCUT2D eigenvalue weighted by atomic mass is 10.2. The molecule has 17 heavy (non-hydrogen) atoms. The largest absolute Gasteiger partial charge is 0.389 e. The van der Waals surface area contributed by atoms with Crippen molar-refractivity contribution >= 4 is 23.0 Å². The minimum absolute atomic E-state index is 0.431. The highest BCUT2D eigenvalue weighted by molar-refractivity contribution is 7.80. The highest BCUT2D eigenvalue weighted by Gasteiger charge is 2.16. The lowest BCUT2D eigenvalue weighted by Crippen LogP contribution is -2.46. The predicted molar refractivity (Wildman–Crippen MR) is 74.5 cm³/mol. The number of pyridine rings is 1. The summed E-state index contributed by atoms with van der Waals surface area (Å²) in [6.45, 7) is 7.53. The van der Waals surface area contributed by atoms with Gasteiger partial charge in [-0.05, 0) is 18.7 Å². The summed E-state index contributed by atoms with van der Waals surface area (Å²) in [4.78, 5) is 9.54. The van der Waals surface area contributed by atoms with Crippen LogP contribution in [0.15, 0.2) is 18.3 Å². The number of nitrogens with zero attached hydrogens (tertiary/aromatic N) is 3. The van der Waals surface area contributed by atoms with Gasteiger partial charge >= 0.3 is 0 Å². The van der Waals surface area contributed by atoms with Crippen LogP contribution in [0.1, 0.15) is 12.5 Å². The van der Waals surface area contributed by atoms with Crippen molar-refractivity contribution in [2.75, 3.05) is 37.6 Å². The molecule has 0 unspecified atom stereocenters. The van der Waals surface area contributed by atoms with Crippen LogP contribution in [0.4, 0.5) is 5.82 Å². The zero-order chi connectivity index (χ0) is 12.3. The second-order valence-corrected chi connectivity index (χ2v) is 4.63. The molecule has 2 N–H and O–H groups in total. The van der Waals surface area contributed by atoms with E-state index in [9.17, 15) is 0 Å². The average Bonchev–Trinajstić information content (AvgIpc) is 2.39. The number of hydrogen-bond acceptors (Lipinski definition) is 4. The Hall–Kier alpha value is -1.20. The number of piperazine rings is 1. The molecule has 4 nitrogen and oxygen atoms in total. The molecule has 1 aromatic rings. The molecule has 1 fully saturated rings. The Labute approximate surface area is 107 Å². The maximum Gasteiger partial charge on any atom is 0.129 e. The summed E-state index contributed by atoms with van der Waals surface area (Å²) in [7, 11) is 0. The van der Waals surface area contributed by atoms with Crippen LogP contribution in [0.2, 0.25) is 0 Å². The van der Waals surface area contributed by atoms with Crippen molar-refractivity contribution in [3.05, 3.63) is 23.9 Å². The van der Waals surface area contributed by atoms with Gasteiger partial charge in [0.2, 0.25) is 0 Å². The van der Waals surface area contributed by atoms with Gasteiger partial charge in [0.15, 0.2) is 0 Å². The lowest BCUT2D eigenvalue weighted by Gasteiger charge is -2.34. The number of rotatable bonds is 3. The molecule has 0 spiro atoms. The van der Waals surface area contributed by atoms with Crippen LogP contribution < -0.4 is 10.6 Å². The predicted octanol–water partition coefficient (Wildman–Crippen LogP) is 0.858. The molecule has 0 atom stereocenters. The molecule has 92 valence electrons. The van der Waals surface area contributed by atoms with Crippen molar-refractivity contribution in [1.82, 2.24) is 9.88 Å². The van der Waals surface area contributed by atoms with E-state index in [-0.39, 0.29) is 0 Å². The minimum Gasteiger partial charge on any atom is -0.389 e. The monoisotopic (exact) mass is 250 g/mol. The average molecular weight is 250 g/mol. The second kappa shape index (κ2) is 5.42. The molecule has 0 aliphatic carbocycles. The van der Waals surface area contributed by atoms with E-state index < -0.39 is 0 Å². The Bertz CT molecular complexity index is 399. The van der Waals surface area contributed by atoms with Crippen LogP contribution in [-0.4, -0.2) is 47.6 Å². The normalized spacial score (nSPS) is 17.1. The van der Waals surface area contributed by atoms with E-state index in [0.717, 1.165) is 44.1 Å². The summed E-state index contributed by atoms with van der Waals surface area (Å²) in [5.41, 5.74) is 6.52. The van der Waals surface area contributed by atoms with Crippen LogP contribution in [0.5, 0.6) is 0 Å². The smallest absolute Gasteiger partial charge is 0.129 e. The summed E-state index contributed by atoms with van der Waals surface area (Å²) < 4.78 is 0. The molecule has 1 aliphatic heterocycles. The molecule has 2 rings (SSSR count). The first-order valence-corrected chi connectivity index (χ1v) is 6.34. The van der Waals surface area contributed by atoms with Crippen molar-refractivity contribution in [1.29, 1.82) is 0 Å². The quantitative estimate of drug-likeness (QED) is 0.806. The van der Waals surface area contributed by atoms with Crippen LogP contribution in [-0.2, 0) is 0 Å². The number of aromatic nitrogens is 1. The van der Waals surface area contributed by atoms with E-state index in [4.69, 9.17) is 18.0 Å². The Morgan fingerprint density at radius 2 is 2.12 bits per heavy atom. The van der Waals surface area contributed by atoms with Crippen molar-refractivity contribution in [2.24, 2.45) is 5.73 Å². The molecular weight excluding hydrogens is 232 g/mol. The van der Waals surface area contributed by atoms with E-state index in [1.807, 2.05) is 12.1 Å². The zero-order valence-electron chi connectivity index (χ0n) is 10.1. The third-order valence-electron chi connectivity index (χ3n) is 3.17. The molecule has 2 heterocycles. The van der Waals surface area contributed by atoms with E-state index in [1.165, 1.54) is 0 Å².